The van der Waals surface area contributed by atoms with E-state index in [1.54, 1.807) is 10.7 Å². The van der Waals surface area contributed by atoms with Crippen LogP contribution in [0.25, 0.3) is 5.65 Å². The van der Waals surface area contributed by atoms with Gasteiger partial charge in [-0.05, 0) is 36.7 Å². The van der Waals surface area contributed by atoms with Gasteiger partial charge in [-0.15, -0.1) is 0 Å². The molecule has 7 heteroatoms. The Kier molecular flexibility index (Phi) is 2.44. The average Bonchev–Trinajstić information content (AvgIpc) is 3.09. The molecule has 3 aliphatic rings. The summed E-state index contributed by atoms with van der Waals surface area (Å²) in [5.41, 5.74) is 3.27. The third kappa shape index (κ3) is 1.82. The van der Waals surface area contributed by atoms with Crippen LogP contribution in [0.15, 0.2) is 18.5 Å². The maximum Gasteiger partial charge on any atom is 0.321 e. The van der Waals surface area contributed by atoms with Crippen molar-refractivity contribution in [2.45, 2.75) is 37.5 Å². The molecule has 1 unspecified atom stereocenters. The normalized spacial score (nSPS) is 28.3. The van der Waals surface area contributed by atoms with Gasteiger partial charge in [0.15, 0.2) is 5.65 Å². The van der Waals surface area contributed by atoms with Gasteiger partial charge in [-0.1, -0.05) is 6.42 Å². The molecule has 7 nitrogen and oxygen atoms in total. The highest BCUT2D eigenvalue weighted by molar-refractivity contribution is 6.00. The molecule has 3 fully saturated rings. The first kappa shape index (κ1) is 13.0. The topological polar surface area (TPSA) is 88.4 Å². The summed E-state index contributed by atoms with van der Waals surface area (Å²) in [5, 5.41) is 9.53. The molecule has 3 amide bonds. The van der Waals surface area contributed by atoms with Crippen molar-refractivity contribution in [1.82, 2.24) is 25.2 Å². The SMILES string of the molecule is O=C1NCC(c2cc([C@@H]3CC34CCC4)c3nccn3n2)C(=O)N1. The number of aromatic nitrogens is 3. The van der Waals surface area contributed by atoms with Gasteiger partial charge in [-0.2, -0.15) is 5.10 Å². The summed E-state index contributed by atoms with van der Waals surface area (Å²) < 4.78 is 1.76. The first-order valence-electron chi connectivity index (χ1n) is 8.09. The van der Waals surface area contributed by atoms with E-state index in [0.717, 1.165) is 5.65 Å². The molecular weight excluding hydrogens is 294 g/mol. The van der Waals surface area contributed by atoms with Crippen LogP contribution in [0.4, 0.5) is 4.79 Å². The van der Waals surface area contributed by atoms with E-state index in [1.165, 1.54) is 31.2 Å². The molecule has 2 N–H and O–H groups in total. The molecule has 23 heavy (non-hydrogen) atoms. The number of nitrogens with zero attached hydrogens (tertiary/aromatic N) is 3. The minimum absolute atomic E-state index is 0.285. The van der Waals surface area contributed by atoms with E-state index in [9.17, 15) is 9.59 Å². The molecule has 2 saturated carbocycles. The highest BCUT2D eigenvalue weighted by Gasteiger charge is 2.58. The van der Waals surface area contributed by atoms with Crippen molar-refractivity contribution in [3.05, 3.63) is 29.7 Å². The van der Waals surface area contributed by atoms with E-state index in [2.05, 4.69) is 20.7 Å². The summed E-state index contributed by atoms with van der Waals surface area (Å²) in [6.07, 6.45) is 8.68. The summed E-state index contributed by atoms with van der Waals surface area (Å²) in [5.74, 6) is -0.209. The van der Waals surface area contributed by atoms with Gasteiger partial charge in [0.1, 0.15) is 0 Å². The zero-order chi connectivity index (χ0) is 15.6. The molecule has 2 aliphatic carbocycles. The van der Waals surface area contributed by atoms with E-state index in [0.29, 0.717) is 17.0 Å². The van der Waals surface area contributed by atoms with Crippen LogP contribution in [-0.2, 0) is 4.79 Å². The number of carbonyl (C=O) groups excluding carboxylic acids is 2. The lowest BCUT2D eigenvalue weighted by Gasteiger charge is -2.27. The Morgan fingerprint density at radius 3 is 2.87 bits per heavy atom. The van der Waals surface area contributed by atoms with Crippen molar-refractivity contribution in [1.29, 1.82) is 0 Å². The highest BCUT2D eigenvalue weighted by atomic mass is 16.2. The first-order chi connectivity index (χ1) is 11.2. The summed E-state index contributed by atoms with van der Waals surface area (Å²) in [7, 11) is 0. The van der Waals surface area contributed by atoms with Crippen LogP contribution in [0.1, 0.15) is 48.8 Å². The van der Waals surface area contributed by atoms with Crippen LogP contribution in [0.5, 0.6) is 0 Å². The van der Waals surface area contributed by atoms with Gasteiger partial charge in [-0.25, -0.2) is 14.3 Å². The molecule has 1 aliphatic heterocycles. The number of imidazole rings is 1. The standard InChI is InChI=1S/C16H17N5O2/c22-14-10(8-18-15(23)19-14)12-6-9(11-7-16(11)2-1-3-16)13-17-4-5-21(13)20-12/h4-6,10-11H,1-3,7-8H2,(H2,18,19,22,23)/t10?,11-/m0/s1. The van der Waals surface area contributed by atoms with Gasteiger partial charge >= 0.3 is 6.03 Å². The monoisotopic (exact) mass is 311 g/mol. The van der Waals surface area contributed by atoms with E-state index in [-0.39, 0.29) is 12.5 Å². The zero-order valence-corrected chi connectivity index (χ0v) is 12.6. The Labute approximate surface area is 132 Å². The van der Waals surface area contributed by atoms with Crippen LogP contribution in [0.3, 0.4) is 0 Å². The number of imide groups is 1. The molecule has 2 aromatic rings. The van der Waals surface area contributed by atoms with Gasteiger partial charge in [0.05, 0.1) is 11.6 Å². The molecule has 118 valence electrons. The maximum atomic E-state index is 12.1. The highest BCUT2D eigenvalue weighted by Crippen LogP contribution is 2.70. The van der Waals surface area contributed by atoms with Crippen molar-refractivity contribution >= 4 is 17.6 Å². The van der Waals surface area contributed by atoms with E-state index >= 15 is 0 Å². The largest absolute Gasteiger partial charge is 0.337 e. The molecule has 0 aromatic carbocycles. The number of fused-ring (bicyclic) bond motifs is 1. The summed E-state index contributed by atoms with van der Waals surface area (Å²) in [4.78, 5) is 27.8. The third-order valence-electron chi connectivity index (χ3n) is 5.70. The number of urea groups is 1. The molecule has 1 spiro atoms. The van der Waals surface area contributed by atoms with Crippen LogP contribution in [0, 0.1) is 5.41 Å². The average molecular weight is 311 g/mol. The Morgan fingerprint density at radius 2 is 2.17 bits per heavy atom. The van der Waals surface area contributed by atoms with E-state index in [1.807, 2.05) is 12.3 Å². The van der Waals surface area contributed by atoms with Crippen LogP contribution < -0.4 is 10.6 Å². The fourth-order valence-corrected chi connectivity index (χ4v) is 4.13. The number of carbonyl (C=O) groups is 2. The van der Waals surface area contributed by atoms with Crippen molar-refractivity contribution in [3.8, 4) is 0 Å². The minimum Gasteiger partial charge on any atom is -0.337 e. The molecule has 1 saturated heterocycles. The van der Waals surface area contributed by atoms with Gasteiger partial charge in [0, 0.05) is 24.5 Å². The summed E-state index contributed by atoms with van der Waals surface area (Å²) in [6.45, 7) is 0.285. The van der Waals surface area contributed by atoms with Gasteiger partial charge in [0.25, 0.3) is 0 Å². The Balaban J connectivity index is 1.57. The molecule has 5 rings (SSSR count). The molecular formula is C16H17N5O2. The predicted octanol–water partition coefficient (Wildman–Crippen LogP) is 1.31. The Hall–Kier alpha value is -2.44. The van der Waals surface area contributed by atoms with Crippen molar-refractivity contribution < 1.29 is 9.59 Å². The smallest absolute Gasteiger partial charge is 0.321 e. The second-order valence-corrected chi connectivity index (χ2v) is 6.94. The lowest BCUT2D eigenvalue weighted by atomic mass is 9.78. The van der Waals surface area contributed by atoms with Crippen LogP contribution in [-0.4, -0.2) is 33.1 Å². The quantitative estimate of drug-likeness (QED) is 0.875. The predicted molar refractivity (Wildman–Crippen MR) is 80.9 cm³/mol. The van der Waals surface area contributed by atoms with Gasteiger partial charge in [-0.3, -0.25) is 10.1 Å². The van der Waals surface area contributed by atoms with Crippen LogP contribution in [0.2, 0.25) is 0 Å². The van der Waals surface area contributed by atoms with Crippen LogP contribution >= 0.6 is 0 Å². The fourth-order valence-electron chi connectivity index (χ4n) is 4.13. The Morgan fingerprint density at radius 1 is 1.30 bits per heavy atom. The second-order valence-electron chi connectivity index (χ2n) is 6.94. The molecule has 0 bridgehead atoms. The molecule has 0 radical (unpaired) electrons. The fraction of sp³-hybridized carbons (Fsp3) is 0.500. The summed E-state index contributed by atoms with van der Waals surface area (Å²) in [6, 6.07) is 1.59. The molecule has 3 heterocycles. The van der Waals surface area contributed by atoms with E-state index in [4.69, 9.17) is 0 Å². The first-order valence-corrected chi connectivity index (χ1v) is 8.09. The number of rotatable bonds is 2. The minimum atomic E-state index is -0.450. The van der Waals surface area contributed by atoms with Crippen molar-refractivity contribution in [3.63, 3.8) is 0 Å². The van der Waals surface area contributed by atoms with Gasteiger partial charge < -0.3 is 5.32 Å². The molecule has 2 atom stereocenters. The van der Waals surface area contributed by atoms with Crippen molar-refractivity contribution in [2.75, 3.05) is 6.54 Å². The van der Waals surface area contributed by atoms with E-state index < -0.39 is 11.9 Å². The number of amides is 3. The lowest BCUT2D eigenvalue weighted by Crippen LogP contribution is -2.51. The zero-order valence-electron chi connectivity index (χ0n) is 12.6. The van der Waals surface area contributed by atoms with Crippen molar-refractivity contribution in [2.24, 2.45) is 5.41 Å². The van der Waals surface area contributed by atoms with Gasteiger partial charge in [0.2, 0.25) is 5.91 Å². The number of nitrogens with one attached hydrogen (secondary N) is 2. The summed E-state index contributed by atoms with van der Waals surface area (Å²) >= 11 is 0. The lowest BCUT2D eigenvalue weighted by molar-refractivity contribution is -0.122. The molecule has 2 aromatic heterocycles. The number of hydrogen-bond acceptors (Lipinski definition) is 4. The number of hydrogen-bond donors (Lipinski definition) is 2. The third-order valence-corrected chi connectivity index (χ3v) is 5.70. The second kappa shape index (κ2) is 4.31. The maximum absolute atomic E-state index is 12.1. The Bertz CT molecular complexity index is 838.